The van der Waals surface area contributed by atoms with Gasteiger partial charge in [0.1, 0.15) is 0 Å². The number of hydrogen-bond acceptors (Lipinski definition) is 1. The fourth-order valence-corrected chi connectivity index (χ4v) is 4.75. The zero-order chi connectivity index (χ0) is 14.9. The van der Waals surface area contributed by atoms with Gasteiger partial charge in [-0.2, -0.15) is 0 Å². The lowest BCUT2D eigenvalue weighted by atomic mass is 9.67. The van der Waals surface area contributed by atoms with Gasteiger partial charge in [0.15, 0.2) is 0 Å². The van der Waals surface area contributed by atoms with Crippen molar-refractivity contribution in [2.75, 3.05) is 0 Å². The van der Waals surface area contributed by atoms with Crippen LogP contribution in [0.4, 0.5) is 0 Å². The van der Waals surface area contributed by atoms with Gasteiger partial charge in [-0.15, -0.1) is 0 Å². The van der Waals surface area contributed by atoms with Gasteiger partial charge in [-0.25, -0.2) is 0 Å². The molecule has 1 aromatic rings. The SMILES string of the molecule is CC(C)C1CCCC(N)(CC2CCCc3ccccc32)C1. The first kappa shape index (κ1) is 15.1. The Morgan fingerprint density at radius 3 is 2.81 bits per heavy atom. The van der Waals surface area contributed by atoms with E-state index in [-0.39, 0.29) is 5.54 Å². The summed E-state index contributed by atoms with van der Waals surface area (Å²) in [5.74, 6) is 2.32. The molecule has 0 heterocycles. The van der Waals surface area contributed by atoms with Gasteiger partial charge in [0.25, 0.3) is 0 Å². The third-order valence-corrected chi connectivity index (χ3v) is 6.01. The molecule has 1 saturated carbocycles. The van der Waals surface area contributed by atoms with Gasteiger partial charge in [-0.1, -0.05) is 51.0 Å². The van der Waals surface area contributed by atoms with Gasteiger partial charge in [0.2, 0.25) is 0 Å². The second-order valence-electron chi connectivity index (χ2n) is 7.95. The van der Waals surface area contributed by atoms with E-state index in [9.17, 15) is 0 Å². The Bertz CT molecular complexity index is 478. The minimum absolute atomic E-state index is 0.0856. The zero-order valence-corrected chi connectivity index (χ0v) is 13.8. The molecule has 21 heavy (non-hydrogen) atoms. The second kappa shape index (κ2) is 6.12. The first-order valence-electron chi connectivity index (χ1n) is 8.94. The fraction of sp³-hybridized carbons (Fsp3) is 0.700. The monoisotopic (exact) mass is 285 g/mol. The summed E-state index contributed by atoms with van der Waals surface area (Å²) in [6.45, 7) is 4.73. The van der Waals surface area contributed by atoms with E-state index in [1.165, 1.54) is 51.4 Å². The van der Waals surface area contributed by atoms with Gasteiger partial charge >= 0.3 is 0 Å². The molecule has 0 saturated heterocycles. The Balaban J connectivity index is 1.74. The minimum Gasteiger partial charge on any atom is -0.325 e. The molecule has 116 valence electrons. The number of rotatable bonds is 3. The van der Waals surface area contributed by atoms with Crippen molar-refractivity contribution in [3.63, 3.8) is 0 Å². The molecule has 0 aromatic heterocycles. The fourth-order valence-electron chi connectivity index (χ4n) is 4.75. The smallest absolute Gasteiger partial charge is 0.0162 e. The lowest BCUT2D eigenvalue weighted by Crippen LogP contribution is -2.46. The Kier molecular flexibility index (Phi) is 4.40. The highest BCUT2D eigenvalue weighted by Gasteiger charge is 2.36. The lowest BCUT2D eigenvalue weighted by Gasteiger charge is -2.42. The van der Waals surface area contributed by atoms with Crippen molar-refractivity contribution in [1.82, 2.24) is 0 Å². The average molecular weight is 285 g/mol. The van der Waals surface area contributed by atoms with Crippen molar-refractivity contribution in [2.24, 2.45) is 17.6 Å². The molecule has 3 unspecified atom stereocenters. The summed E-state index contributed by atoms with van der Waals surface area (Å²) in [7, 11) is 0. The van der Waals surface area contributed by atoms with Gasteiger partial charge in [-0.3, -0.25) is 0 Å². The highest BCUT2D eigenvalue weighted by molar-refractivity contribution is 5.33. The Morgan fingerprint density at radius 1 is 1.19 bits per heavy atom. The zero-order valence-electron chi connectivity index (χ0n) is 13.8. The average Bonchev–Trinajstić information content (AvgIpc) is 2.47. The van der Waals surface area contributed by atoms with Crippen molar-refractivity contribution in [2.45, 2.75) is 76.7 Å². The van der Waals surface area contributed by atoms with Crippen LogP contribution in [0.2, 0.25) is 0 Å². The van der Waals surface area contributed by atoms with E-state index in [0.717, 1.165) is 11.8 Å². The molecule has 2 aliphatic rings. The van der Waals surface area contributed by atoms with E-state index in [2.05, 4.69) is 38.1 Å². The summed E-state index contributed by atoms with van der Waals surface area (Å²) < 4.78 is 0. The third-order valence-electron chi connectivity index (χ3n) is 6.01. The summed E-state index contributed by atoms with van der Waals surface area (Å²) in [6, 6.07) is 9.07. The van der Waals surface area contributed by atoms with Crippen LogP contribution < -0.4 is 5.73 Å². The van der Waals surface area contributed by atoms with E-state index in [1.54, 1.807) is 11.1 Å². The predicted octanol–water partition coefficient (Wildman–Crippen LogP) is 5.04. The van der Waals surface area contributed by atoms with E-state index in [0.29, 0.717) is 5.92 Å². The highest BCUT2D eigenvalue weighted by Crippen LogP contribution is 2.43. The maximum absolute atomic E-state index is 6.88. The predicted molar refractivity (Wildman–Crippen MR) is 90.5 cm³/mol. The van der Waals surface area contributed by atoms with Gasteiger partial charge in [-0.05, 0) is 67.4 Å². The number of hydrogen-bond donors (Lipinski definition) is 1. The summed E-state index contributed by atoms with van der Waals surface area (Å²) in [5, 5.41) is 0. The number of benzene rings is 1. The summed E-state index contributed by atoms with van der Waals surface area (Å²) in [5.41, 5.74) is 10.1. The Labute approximate surface area is 130 Å². The van der Waals surface area contributed by atoms with Crippen LogP contribution in [0.5, 0.6) is 0 Å². The third kappa shape index (κ3) is 3.34. The molecule has 0 amide bonds. The van der Waals surface area contributed by atoms with Crippen LogP contribution in [-0.2, 0) is 6.42 Å². The van der Waals surface area contributed by atoms with Crippen molar-refractivity contribution in [1.29, 1.82) is 0 Å². The summed E-state index contributed by atoms with van der Waals surface area (Å²) in [4.78, 5) is 0. The van der Waals surface area contributed by atoms with Crippen molar-refractivity contribution in [3.8, 4) is 0 Å². The molecule has 0 aliphatic heterocycles. The molecule has 0 bridgehead atoms. The Morgan fingerprint density at radius 2 is 2.00 bits per heavy atom. The standard InChI is InChI=1S/C20H31N/c1-15(2)17-10-6-12-20(21,13-17)14-18-9-5-8-16-7-3-4-11-19(16)18/h3-4,7,11,15,17-18H,5-6,8-10,12-14,21H2,1-2H3. The van der Waals surface area contributed by atoms with E-state index >= 15 is 0 Å². The molecule has 3 atom stereocenters. The minimum atomic E-state index is 0.0856. The first-order chi connectivity index (χ1) is 10.1. The van der Waals surface area contributed by atoms with Crippen molar-refractivity contribution >= 4 is 0 Å². The number of fused-ring (bicyclic) bond motifs is 1. The van der Waals surface area contributed by atoms with Crippen molar-refractivity contribution < 1.29 is 0 Å². The summed E-state index contributed by atoms with van der Waals surface area (Å²) in [6.07, 6.45) is 10.3. The first-order valence-corrected chi connectivity index (χ1v) is 8.94. The molecule has 1 fully saturated rings. The largest absolute Gasteiger partial charge is 0.325 e. The molecule has 2 aliphatic carbocycles. The molecule has 1 heteroatoms. The van der Waals surface area contributed by atoms with Crippen LogP contribution >= 0.6 is 0 Å². The molecular weight excluding hydrogens is 254 g/mol. The maximum atomic E-state index is 6.88. The molecule has 2 N–H and O–H groups in total. The van der Waals surface area contributed by atoms with Crippen LogP contribution in [0.1, 0.15) is 75.8 Å². The second-order valence-corrected chi connectivity index (χ2v) is 7.95. The van der Waals surface area contributed by atoms with Crippen LogP contribution in [-0.4, -0.2) is 5.54 Å². The topological polar surface area (TPSA) is 26.0 Å². The molecule has 3 rings (SSSR count). The molecular formula is C20H31N. The Hall–Kier alpha value is -0.820. The quantitative estimate of drug-likeness (QED) is 0.827. The van der Waals surface area contributed by atoms with Crippen LogP contribution in [0, 0.1) is 11.8 Å². The lowest BCUT2D eigenvalue weighted by molar-refractivity contribution is 0.164. The van der Waals surface area contributed by atoms with Crippen molar-refractivity contribution in [3.05, 3.63) is 35.4 Å². The molecule has 0 radical (unpaired) electrons. The molecule has 1 aromatic carbocycles. The van der Waals surface area contributed by atoms with Crippen LogP contribution in [0.25, 0.3) is 0 Å². The van der Waals surface area contributed by atoms with Gasteiger partial charge in [0.05, 0.1) is 0 Å². The van der Waals surface area contributed by atoms with E-state index < -0.39 is 0 Å². The van der Waals surface area contributed by atoms with E-state index in [1.807, 2.05) is 0 Å². The normalized spacial score (nSPS) is 33.0. The molecule has 1 nitrogen and oxygen atoms in total. The summed E-state index contributed by atoms with van der Waals surface area (Å²) >= 11 is 0. The van der Waals surface area contributed by atoms with Gasteiger partial charge < -0.3 is 5.73 Å². The maximum Gasteiger partial charge on any atom is 0.0162 e. The highest BCUT2D eigenvalue weighted by atomic mass is 14.8. The van der Waals surface area contributed by atoms with E-state index in [4.69, 9.17) is 5.73 Å². The number of aryl methyl sites for hydroxylation is 1. The number of nitrogens with two attached hydrogens (primary N) is 1. The van der Waals surface area contributed by atoms with Crippen LogP contribution in [0.15, 0.2) is 24.3 Å². The van der Waals surface area contributed by atoms with Crippen LogP contribution in [0.3, 0.4) is 0 Å². The molecule has 0 spiro atoms. The van der Waals surface area contributed by atoms with Gasteiger partial charge in [0, 0.05) is 5.54 Å².